The summed E-state index contributed by atoms with van der Waals surface area (Å²) in [5.74, 6) is 0.900. The fourth-order valence-corrected chi connectivity index (χ4v) is 2.24. The second kappa shape index (κ2) is 4.45. The maximum absolute atomic E-state index is 4.07. The molecular formula is C11H18N2. The molecule has 2 nitrogen and oxygen atoms in total. The summed E-state index contributed by atoms with van der Waals surface area (Å²) in [7, 11) is 0. The van der Waals surface area contributed by atoms with Crippen LogP contribution in [0.15, 0.2) is 18.7 Å². The molecule has 13 heavy (non-hydrogen) atoms. The van der Waals surface area contributed by atoms with E-state index in [0.29, 0.717) is 0 Å². The average Bonchev–Trinajstić information content (AvgIpc) is 2.49. The van der Waals surface area contributed by atoms with E-state index in [2.05, 4.69) is 15.7 Å². The molecule has 72 valence electrons. The highest BCUT2D eigenvalue weighted by Gasteiger charge is 2.11. The van der Waals surface area contributed by atoms with Gasteiger partial charge in [0.1, 0.15) is 0 Å². The molecule has 0 amide bonds. The van der Waals surface area contributed by atoms with Gasteiger partial charge >= 0.3 is 0 Å². The normalized spacial score (nSPS) is 20.0. The van der Waals surface area contributed by atoms with Gasteiger partial charge in [-0.15, -0.1) is 0 Å². The molecule has 1 heterocycles. The molecule has 1 fully saturated rings. The molecule has 2 heteroatoms. The first-order valence-electron chi connectivity index (χ1n) is 5.41. The number of hydrogen-bond donors (Lipinski definition) is 0. The van der Waals surface area contributed by atoms with E-state index >= 15 is 0 Å². The van der Waals surface area contributed by atoms with Crippen molar-refractivity contribution in [2.24, 2.45) is 5.92 Å². The molecule has 0 bridgehead atoms. The van der Waals surface area contributed by atoms with Gasteiger partial charge in [0, 0.05) is 18.9 Å². The van der Waals surface area contributed by atoms with Gasteiger partial charge in [-0.2, -0.15) is 0 Å². The third kappa shape index (κ3) is 2.58. The van der Waals surface area contributed by atoms with Crippen molar-refractivity contribution in [3.63, 3.8) is 0 Å². The smallest absolute Gasteiger partial charge is 0.0945 e. The fraction of sp³-hybridized carbons (Fsp3) is 0.727. The molecule has 1 aromatic rings. The lowest BCUT2D eigenvalue weighted by Gasteiger charge is -2.13. The molecule has 0 unspecified atom stereocenters. The minimum atomic E-state index is 0.900. The Morgan fingerprint density at radius 3 is 2.54 bits per heavy atom. The maximum atomic E-state index is 4.07. The lowest BCUT2D eigenvalue weighted by molar-refractivity contribution is 0.395. The minimum Gasteiger partial charge on any atom is -0.337 e. The molecule has 1 aromatic heterocycles. The van der Waals surface area contributed by atoms with E-state index in [1.54, 1.807) is 0 Å². The van der Waals surface area contributed by atoms with E-state index < -0.39 is 0 Å². The molecule has 1 saturated carbocycles. The van der Waals surface area contributed by atoms with Gasteiger partial charge in [-0.25, -0.2) is 4.98 Å². The largest absolute Gasteiger partial charge is 0.337 e. The summed E-state index contributed by atoms with van der Waals surface area (Å²) >= 11 is 0. The number of nitrogens with zero attached hydrogens (tertiary/aromatic N) is 2. The van der Waals surface area contributed by atoms with E-state index in [0.717, 1.165) is 5.92 Å². The van der Waals surface area contributed by atoms with Crippen LogP contribution in [0.2, 0.25) is 0 Å². The summed E-state index contributed by atoms with van der Waals surface area (Å²) in [6.45, 7) is 1.18. The Balaban J connectivity index is 1.86. The number of imidazole rings is 1. The molecule has 1 aliphatic rings. The molecule has 2 rings (SSSR count). The number of rotatable bonds is 2. The zero-order valence-corrected chi connectivity index (χ0v) is 8.15. The van der Waals surface area contributed by atoms with Crippen LogP contribution in [0, 0.1) is 5.92 Å². The Kier molecular flexibility index (Phi) is 3.01. The first-order valence-corrected chi connectivity index (χ1v) is 5.41. The molecular weight excluding hydrogens is 160 g/mol. The Morgan fingerprint density at radius 1 is 1.15 bits per heavy atom. The van der Waals surface area contributed by atoms with E-state index in [9.17, 15) is 0 Å². The average molecular weight is 178 g/mol. The summed E-state index contributed by atoms with van der Waals surface area (Å²) in [6.07, 6.45) is 14.5. The van der Waals surface area contributed by atoms with Crippen LogP contribution in [0.1, 0.15) is 38.5 Å². The van der Waals surface area contributed by atoms with Crippen LogP contribution < -0.4 is 0 Å². The predicted molar refractivity (Wildman–Crippen MR) is 53.4 cm³/mol. The molecule has 0 radical (unpaired) electrons. The van der Waals surface area contributed by atoms with Gasteiger partial charge in [0.2, 0.25) is 0 Å². The fourth-order valence-electron chi connectivity index (χ4n) is 2.24. The second-order valence-corrected chi connectivity index (χ2v) is 4.12. The van der Waals surface area contributed by atoms with Crippen LogP contribution in [-0.4, -0.2) is 9.55 Å². The van der Waals surface area contributed by atoms with Gasteiger partial charge < -0.3 is 4.57 Å². The van der Waals surface area contributed by atoms with Crippen molar-refractivity contribution in [3.8, 4) is 0 Å². The quantitative estimate of drug-likeness (QED) is 0.637. The highest BCUT2D eigenvalue weighted by Crippen LogP contribution is 2.23. The Bertz CT molecular complexity index is 220. The van der Waals surface area contributed by atoms with Crippen molar-refractivity contribution < 1.29 is 0 Å². The maximum Gasteiger partial charge on any atom is 0.0945 e. The predicted octanol–water partition coefficient (Wildman–Crippen LogP) is 2.85. The van der Waals surface area contributed by atoms with Crippen molar-refractivity contribution in [2.45, 2.75) is 45.1 Å². The van der Waals surface area contributed by atoms with Gasteiger partial charge in [-0.3, -0.25) is 0 Å². The van der Waals surface area contributed by atoms with Gasteiger partial charge in [0.05, 0.1) is 6.33 Å². The van der Waals surface area contributed by atoms with Crippen LogP contribution in [0.3, 0.4) is 0 Å². The van der Waals surface area contributed by atoms with E-state index in [1.165, 1.54) is 45.1 Å². The SMILES string of the molecule is c1cn(CC2CCCCCC2)cn1. The number of aromatic nitrogens is 2. The Labute approximate surface area is 80.0 Å². The van der Waals surface area contributed by atoms with Gasteiger partial charge in [0.25, 0.3) is 0 Å². The van der Waals surface area contributed by atoms with Crippen molar-refractivity contribution in [1.82, 2.24) is 9.55 Å². The van der Waals surface area contributed by atoms with Crippen LogP contribution >= 0.6 is 0 Å². The summed E-state index contributed by atoms with van der Waals surface area (Å²) in [4.78, 5) is 4.07. The van der Waals surface area contributed by atoms with Gasteiger partial charge in [0.15, 0.2) is 0 Å². The zero-order chi connectivity index (χ0) is 8.93. The highest BCUT2D eigenvalue weighted by molar-refractivity contribution is 4.76. The molecule has 1 aliphatic carbocycles. The Morgan fingerprint density at radius 2 is 1.92 bits per heavy atom. The van der Waals surface area contributed by atoms with E-state index in [1.807, 2.05) is 12.5 Å². The lowest BCUT2D eigenvalue weighted by atomic mass is 10.0. The summed E-state index contributed by atoms with van der Waals surface area (Å²) in [6, 6.07) is 0. The summed E-state index contributed by atoms with van der Waals surface area (Å²) in [5, 5.41) is 0. The molecule has 0 aliphatic heterocycles. The van der Waals surface area contributed by atoms with Crippen LogP contribution in [0.4, 0.5) is 0 Å². The zero-order valence-electron chi connectivity index (χ0n) is 8.15. The van der Waals surface area contributed by atoms with Crippen LogP contribution in [0.25, 0.3) is 0 Å². The lowest BCUT2D eigenvalue weighted by Crippen LogP contribution is -2.08. The third-order valence-electron chi connectivity index (χ3n) is 3.00. The molecule has 0 atom stereocenters. The second-order valence-electron chi connectivity index (χ2n) is 4.12. The summed E-state index contributed by atoms with van der Waals surface area (Å²) < 4.78 is 2.22. The standard InChI is InChI=1S/C11H18N2/c1-2-4-6-11(5-3-1)9-13-8-7-12-10-13/h7-8,10-11H,1-6,9H2. The van der Waals surface area contributed by atoms with Crippen molar-refractivity contribution in [3.05, 3.63) is 18.7 Å². The first-order chi connectivity index (χ1) is 6.45. The molecule has 0 N–H and O–H groups in total. The van der Waals surface area contributed by atoms with Gasteiger partial charge in [-0.05, 0) is 18.8 Å². The Hall–Kier alpha value is -0.790. The summed E-state index contributed by atoms with van der Waals surface area (Å²) in [5.41, 5.74) is 0. The van der Waals surface area contributed by atoms with Crippen molar-refractivity contribution in [1.29, 1.82) is 0 Å². The van der Waals surface area contributed by atoms with Crippen molar-refractivity contribution >= 4 is 0 Å². The first kappa shape index (κ1) is 8.79. The molecule has 0 aromatic carbocycles. The van der Waals surface area contributed by atoms with Crippen LogP contribution in [-0.2, 0) is 6.54 Å². The van der Waals surface area contributed by atoms with E-state index in [-0.39, 0.29) is 0 Å². The highest BCUT2D eigenvalue weighted by atomic mass is 15.0. The third-order valence-corrected chi connectivity index (χ3v) is 3.00. The van der Waals surface area contributed by atoms with E-state index in [4.69, 9.17) is 0 Å². The molecule has 0 saturated heterocycles. The molecule has 0 spiro atoms. The topological polar surface area (TPSA) is 17.8 Å². The van der Waals surface area contributed by atoms with Crippen LogP contribution in [0.5, 0.6) is 0 Å². The minimum absolute atomic E-state index is 0.900. The monoisotopic (exact) mass is 178 g/mol. The van der Waals surface area contributed by atoms with Gasteiger partial charge in [-0.1, -0.05) is 25.7 Å². The van der Waals surface area contributed by atoms with Crippen molar-refractivity contribution in [2.75, 3.05) is 0 Å². The number of hydrogen-bond acceptors (Lipinski definition) is 1.